The van der Waals surface area contributed by atoms with Crippen LogP contribution < -0.4 is 9.47 Å². The fourth-order valence-corrected chi connectivity index (χ4v) is 3.00. The van der Waals surface area contributed by atoms with Crippen molar-refractivity contribution in [1.29, 1.82) is 0 Å². The van der Waals surface area contributed by atoms with Crippen molar-refractivity contribution in [3.8, 4) is 11.5 Å². The lowest BCUT2D eigenvalue weighted by Crippen LogP contribution is -2.33. The predicted octanol–water partition coefficient (Wildman–Crippen LogP) is 4.62. The van der Waals surface area contributed by atoms with Gasteiger partial charge in [-0.15, -0.1) is 0 Å². The second-order valence-electron chi connectivity index (χ2n) is 6.49. The lowest BCUT2D eigenvalue weighted by molar-refractivity contribution is 0.184. The molecule has 0 unspecified atom stereocenters. The van der Waals surface area contributed by atoms with Gasteiger partial charge in [-0.1, -0.05) is 25.1 Å². The summed E-state index contributed by atoms with van der Waals surface area (Å²) in [7, 11) is 1.69. The Morgan fingerprint density at radius 3 is 2.65 bits per heavy atom. The van der Waals surface area contributed by atoms with Crippen molar-refractivity contribution in [3.05, 3.63) is 29.8 Å². The Hall–Kier alpha value is -1.48. The highest BCUT2D eigenvalue weighted by Gasteiger charge is 2.14. The average Bonchev–Trinajstić information content (AvgIpc) is 2.57. The summed E-state index contributed by atoms with van der Waals surface area (Å²) in [5.41, 5.74) is 1.14. The summed E-state index contributed by atoms with van der Waals surface area (Å²) >= 11 is 0. The third kappa shape index (κ3) is 5.91. The number of hydrogen-bond donors (Lipinski definition) is 0. The molecule has 1 aromatic rings. The Kier molecular flexibility index (Phi) is 7.47. The molecule has 0 aromatic heterocycles. The summed E-state index contributed by atoms with van der Waals surface area (Å²) in [5.74, 6) is 2.56. The summed E-state index contributed by atoms with van der Waals surface area (Å²) in [4.78, 5) is 2.59. The molecule has 0 saturated carbocycles. The maximum Gasteiger partial charge on any atom is 0.161 e. The molecule has 0 radical (unpaired) electrons. The van der Waals surface area contributed by atoms with Crippen molar-refractivity contribution >= 4 is 6.08 Å². The average molecular weight is 317 g/mol. The van der Waals surface area contributed by atoms with E-state index >= 15 is 0 Å². The summed E-state index contributed by atoms with van der Waals surface area (Å²) in [5, 5.41) is 0. The van der Waals surface area contributed by atoms with Crippen molar-refractivity contribution in [2.24, 2.45) is 5.92 Å². The zero-order valence-electron chi connectivity index (χ0n) is 14.9. The first-order valence-corrected chi connectivity index (χ1v) is 8.89. The molecule has 0 amide bonds. The van der Waals surface area contributed by atoms with Crippen LogP contribution in [-0.2, 0) is 0 Å². The maximum absolute atomic E-state index is 5.90. The molecule has 1 aliphatic heterocycles. The van der Waals surface area contributed by atoms with Crippen LogP contribution in [0.1, 0.15) is 45.1 Å². The van der Waals surface area contributed by atoms with Crippen molar-refractivity contribution in [2.75, 3.05) is 33.4 Å². The number of hydrogen-bond acceptors (Lipinski definition) is 3. The molecule has 23 heavy (non-hydrogen) atoms. The molecule has 0 N–H and O–H groups in total. The standard InChI is InChI=1S/C20H31NO2/c1-4-7-18-8-9-19(20(16-18)22-3)23-15-6-5-12-21-13-10-17(2)11-14-21/h4,7-9,16-17H,5-6,10-15H2,1-3H3. The number of unbranched alkanes of at least 4 members (excludes halogenated alkanes) is 1. The number of ether oxygens (including phenoxy) is 2. The van der Waals surface area contributed by atoms with Gasteiger partial charge in [0.15, 0.2) is 11.5 Å². The van der Waals surface area contributed by atoms with E-state index in [1.54, 1.807) is 7.11 Å². The Bertz CT molecular complexity index is 490. The molecule has 0 spiro atoms. The van der Waals surface area contributed by atoms with Gasteiger partial charge in [0.25, 0.3) is 0 Å². The molecular formula is C20H31NO2. The minimum Gasteiger partial charge on any atom is -0.493 e. The van der Waals surface area contributed by atoms with E-state index in [1.165, 1.54) is 38.9 Å². The number of likely N-dealkylation sites (tertiary alicyclic amines) is 1. The van der Waals surface area contributed by atoms with Gasteiger partial charge in [0, 0.05) is 0 Å². The van der Waals surface area contributed by atoms with Crippen molar-refractivity contribution < 1.29 is 9.47 Å². The summed E-state index contributed by atoms with van der Waals surface area (Å²) in [6.07, 6.45) is 9.08. The number of benzene rings is 1. The van der Waals surface area contributed by atoms with Crippen LogP contribution >= 0.6 is 0 Å². The molecule has 0 atom stereocenters. The summed E-state index contributed by atoms with van der Waals surface area (Å²) in [6, 6.07) is 6.08. The van der Waals surface area contributed by atoms with E-state index in [9.17, 15) is 0 Å². The van der Waals surface area contributed by atoms with Crippen LogP contribution in [0.3, 0.4) is 0 Å². The maximum atomic E-state index is 5.90. The number of allylic oxidation sites excluding steroid dienone is 1. The largest absolute Gasteiger partial charge is 0.493 e. The van der Waals surface area contributed by atoms with Gasteiger partial charge in [0.1, 0.15) is 0 Å². The molecule has 3 nitrogen and oxygen atoms in total. The summed E-state index contributed by atoms with van der Waals surface area (Å²) in [6.45, 7) is 8.86. The van der Waals surface area contributed by atoms with Gasteiger partial charge in [-0.2, -0.15) is 0 Å². The zero-order chi connectivity index (χ0) is 16.5. The lowest BCUT2D eigenvalue weighted by Gasteiger charge is -2.30. The second kappa shape index (κ2) is 9.61. The highest BCUT2D eigenvalue weighted by molar-refractivity contribution is 5.55. The Labute approximate surface area is 141 Å². The fourth-order valence-electron chi connectivity index (χ4n) is 3.00. The molecule has 1 aromatic carbocycles. The SMILES string of the molecule is CC=Cc1ccc(OCCCCN2CCC(C)CC2)c(OC)c1. The zero-order valence-corrected chi connectivity index (χ0v) is 14.9. The van der Waals surface area contributed by atoms with E-state index in [1.807, 2.05) is 25.1 Å². The van der Waals surface area contributed by atoms with Gasteiger partial charge in [-0.3, -0.25) is 0 Å². The van der Waals surface area contributed by atoms with Gasteiger partial charge in [0.2, 0.25) is 0 Å². The van der Waals surface area contributed by atoms with E-state index in [2.05, 4.69) is 24.0 Å². The number of nitrogens with zero attached hydrogens (tertiary/aromatic N) is 1. The second-order valence-corrected chi connectivity index (χ2v) is 6.49. The molecule has 1 heterocycles. The number of piperidine rings is 1. The van der Waals surface area contributed by atoms with E-state index in [0.29, 0.717) is 0 Å². The molecule has 1 fully saturated rings. The first kappa shape index (κ1) is 17.9. The monoisotopic (exact) mass is 317 g/mol. The minimum absolute atomic E-state index is 0.754. The van der Waals surface area contributed by atoms with E-state index in [-0.39, 0.29) is 0 Å². The van der Waals surface area contributed by atoms with Crippen LogP contribution in [0.25, 0.3) is 6.08 Å². The predicted molar refractivity (Wildman–Crippen MR) is 97.3 cm³/mol. The van der Waals surface area contributed by atoms with Crippen molar-refractivity contribution in [1.82, 2.24) is 4.90 Å². The molecule has 0 bridgehead atoms. The molecule has 3 heteroatoms. The van der Waals surface area contributed by atoms with Crippen molar-refractivity contribution in [2.45, 2.75) is 39.5 Å². The van der Waals surface area contributed by atoms with Gasteiger partial charge in [-0.05, 0) is 75.9 Å². The normalized spacial score (nSPS) is 16.8. The molecule has 128 valence electrons. The van der Waals surface area contributed by atoms with Crippen LogP contribution in [-0.4, -0.2) is 38.3 Å². The quantitative estimate of drug-likeness (QED) is 0.653. The molecule has 1 saturated heterocycles. The molecule has 1 aliphatic rings. The number of rotatable bonds is 8. The molecular weight excluding hydrogens is 286 g/mol. The Morgan fingerprint density at radius 1 is 1.17 bits per heavy atom. The Morgan fingerprint density at radius 2 is 1.96 bits per heavy atom. The van der Waals surface area contributed by atoms with Crippen LogP contribution in [0.15, 0.2) is 24.3 Å². The van der Waals surface area contributed by atoms with Gasteiger partial charge in [0.05, 0.1) is 13.7 Å². The topological polar surface area (TPSA) is 21.7 Å². The van der Waals surface area contributed by atoms with E-state index in [0.717, 1.165) is 36.0 Å². The van der Waals surface area contributed by atoms with Crippen molar-refractivity contribution in [3.63, 3.8) is 0 Å². The van der Waals surface area contributed by atoms with Gasteiger partial charge < -0.3 is 14.4 Å². The molecule has 2 rings (SSSR count). The molecule has 0 aliphatic carbocycles. The summed E-state index contributed by atoms with van der Waals surface area (Å²) < 4.78 is 11.3. The van der Waals surface area contributed by atoms with Gasteiger partial charge in [-0.25, -0.2) is 0 Å². The fraction of sp³-hybridized carbons (Fsp3) is 0.600. The van der Waals surface area contributed by atoms with Crippen LogP contribution in [0.4, 0.5) is 0 Å². The third-order valence-corrected chi connectivity index (χ3v) is 4.55. The smallest absolute Gasteiger partial charge is 0.161 e. The first-order chi connectivity index (χ1) is 11.2. The minimum atomic E-state index is 0.754. The Balaban J connectivity index is 1.69. The highest BCUT2D eigenvalue weighted by atomic mass is 16.5. The third-order valence-electron chi connectivity index (χ3n) is 4.55. The number of methoxy groups -OCH3 is 1. The van der Waals surface area contributed by atoms with E-state index in [4.69, 9.17) is 9.47 Å². The van der Waals surface area contributed by atoms with E-state index < -0.39 is 0 Å². The van der Waals surface area contributed by atoms with Gasteiger partial charge >= 0.3 is 0 Å². The highest BCUT2D eigenvalue weighted by Crippen LogP contribution is 2.28. The van der Waals surface area contributed by atoms with Crippen LogP contribution in [0, 0.1) is 5.92 Å². The lowest BCUT2D eigenvalue weighted by atomic mass is 9.99. The van der Waals surface area contributed by atoms with Crippen LogP contribution in [0.5, 0.6) is 11.5 Å². The van der Waals surface area contributed by atoms with Crippen LogP contribution in [0.2, 0.25) is 0 Å². The first-order valence-electron chi connectivity index (χ1n) is 8.89.